The maximum atomic E-state index is 12.7. The topological polar surface area (TPSA) is 96.6 Å². The minimum atomic E-state index is -0.474. The maximum absolute atomic E-state index is 12.7. The highest BCUT2D eigenvalue weighted by atomic mass is 32.2. The molecule has 0 unspecified atom stereocenters. The summed E-state index contributed by atoms with van der Waals surface area (Å²) in [6.07, 6.45) is 1.64. The van der Waals surface area contributed by atoms with Crippen molar-refractivity contribution >= 4 is 39.8 Å². The van der Waals surface area contributed by atoms with Crippen LogP contribution in [-0.2, 0) is 4.79 Å². The van der Waals surface area contributed by atoms with Crippen molar-refractivity contribution in [2.75, 3.05) is 19.8 Å². The molecule has 0 aliphatic carbocycles. The van der Waals surface area contributed by atoms with E-state index in [-0.39, 0.29) is 18.0 Å². The number of nitrogens with zero attached hydrogens (tertiary/aromatic N) is 3. The summed E-state index contributed by atoms with van der Waals surface area (Å²) in [5, 5.41) is 15.3. The number of aryl methyl sites for hydroxylation is 2. The lowest BCUT2D eigenvalue weighted by Gasteiger charge is -2.20. The molecule has 5 rings (SSSR count). The molecule has 2 heterocycles. The Balaban J connectivity index is 1.18. The van der Waals surface area contributed by atoms with Crippen LogP contribution in [0.4, 0.5) is 0 Å². The van der Waals surface area contributed by atoms with Gasteiger partial charge in [-0.3, -0.25) is 10.2 Å². The summed E-state index contributed by atoms with van der Waals surface area (Å²) in [6.45, 7) is 5.09. The fourth-order valence-corrected chi connectivity index (χ4v) is 4.71. The number of thioether (sulfide) groups is 1. The molecule has 2 aliphatic heterocycles. The van der Waals surface area contributed by atoms with Crippen molar-refractivity contribution in [1.29, 1.82) is 5.41 Å². The SMILES string of the molecule is Cc1cccc(C)c1OCCOc1ccc(/C=C2/C(=N)N3N=C(COc4ccccc4)SC3=NC2=O)cc1. The summed E-state index contributed by atoms with van der Waals surface area (Å²) >= 11 is 1.23. The van der Waals surface area contributed by atoms with Crippen LogP contribution in [0, 0.1) is 19.3 Å². The first-order valence-electron chi connectivity index (χ1n) is 12.1. The third-order valence-electron chi connectivity index (χ3n) is 5.80. The molecule has 0 fully saturated rings. The van der Waals surface area contributed by atoms with Crippen LogP contribution in [-0.4, -0.2) is 46.8 Å². The van der Waals surface area contributed by atoms with Gasteiger partial charge in [0, 0.05) is 0 Å². The first-order chi connectivity index (χ1) is 18.5. The molecule has 1 amide bonds. The number of hydrazone groups is 1. The molecule has 3 aromatic carbocycles. The predicted octanol–water partition coefficient (Wildman–Crippen LogP) is 5.46. The number of amides is 1. The largest absolute Gasteiger partial charge is 0.490 e. The second-order valence-corrected chi connectivity index (χ2v) is 9.64. The summed E-state index contributed by atoms with van der Waals surface area (Å²) in [4.78, 5) is 16.8. The van der Waals surface area contributed by atoms with Gasteiger partial charge in [-0.15, -0.1) is 0 Å². The summed E-state index contributed by atoms with van der Waals surface area (Å²) in [7, 11) is 0. The van der Waals surface area contributed by atoms with Crippen LogP contribution < -0.4 is 14.2 Å². The van der Waals surface area contributed by atoms with Crippen molar-refractivity contribution in [2.45, 2.75) is 13.8 Å². The summed E-state index contributed by atoms with van der Waals surface area (Å²) in [5.41, 5.74) is 3.10. The quantitative estimate of drug-likeness (QED) is 0.294. The fraction of sp³-hybridized carbons (Fsp3) is 0.172. The van der Waals surface area contributed by atoms with Gasteiger partial charge in [-0.1, -0.05) is 48.5 Å². The lowest BCUT2D eigenvalue weighted by atomic mass is 10.1. The third-order valence-corrected chi connectivity index (χ3v) is 6.68. The number of nitrogens with one attached hydrogen (secondary N) is 1. The maximum Gasteiger partial charge on any atom is 0.283 e. The number of ether oxygens (including phenoxy) is 3. The smallest absolute Gasteiger partial charge is 0.283 e. The van der Waals surface area contributed by atoms with Gasteiger partial charge in [0.1, 0.15) is 42.1 Å². The Bertz CT molecular complexity index is 1430. The summed E-state index contributed by atoms with van der Waals surface area (Å²) in [6, 6.07) is 22.7. The van der Waals surface area contributed by atoms with Gasteiger partial charge in [0.25, 0.3) is 5.91 Å². The van der Waals surface area contributed by atoms with Crippen molar-refractivity contribution in [2.24, 2.45) is 10.1 Å². The van der Waals surface area contributed by atoms with E-state index in [1.54, 1.807) is 6.08 Å². The van der Waals surface area contributed by atoms with Gasteiger partial charge in [-0.25, -0.2) is 0 Å². The van der Waals surface area contributed by atoms with E-state index in [4.69, 9.17) is 19.6 Å². The lowest BCUT2D eigenvalue weighted by molar-refractivity contribution is -0.114. The van der Waals surface area contributed by atoms with Gasteiger partial charge < -0.3 is 14.2 Å². The molecule has 38 heavy (non-hydrogen) atoms. The average molecular weight is 527 g/mol. The van der Waals surface area contributed by atoms with Gasteiger partial charge in [0.15, 0.2) is 5.84 Å². The molecule has 0 aromatic heterocycles. The van der Waals surface area contributed by atoms with Gasteiger partial charge in [-0.05, 0) is 72.6 Å². The van der Waals surface area contributed by atoms with Crippen molar-refractivity contribution in [1.82, 2.24) is 5.01 Å². The van der Waals surface area contributed by atoms with E-state index in [1.165, 1.54) is 16.8 Å². The second kappa shape index (κ2) is 11.4. The first kappa shape index (κ1) is 25.3. The average Bonchev–Trinajstić information content (AvgIpc) is 3.33. The Labute approximate surface area is 225 Å². The number of hydrogen-bond donors (Lipinski definition) is 1. The highest BCUT2D eigenvalue weighted by molar-refractivity contribution is 8.27. The number of rotatable bonds is 9. The fourth-order valence-electron chi connectivity index (χ4n) is 3.91. The Morgan fingerprint density at radius 2 is 1.55 bits per heavy atom. The van der Waals surface area contributed by atoms with Crippen LogP contribution in [0.25, 0.3) is 6.08 Å². The highest BCUT2D eigenvalue weighted by Crippen LogP contribution is 2.29. The zero-order valence-electron chi connectivity index (χ0n) is 21.0. The van der Waals surface area contributed by atoms with Crippen LogP contribution in [0.2, 0.25) is 0 Å². The highest BCUT2D eigenvalue weighted by Gasteiger charge is 2.35. The van der Waals surface area contributed by atoms with Crippen molar-refractivity contribution < 1.29 is 19.0 Å². The molecule has 0 saturated heterocycles. The Kier molecular flexibility index (Phi) is 7.55. The molecular formula is C29H26N4O4S. The molecule has 2 aliphatic rings. The molecule has 3 aromatic rings. The van der Waals surface area contributed by atoms with E-state index in [2.05, 4.69) is 10.1 Å². The number of amidine groups is 2. The van der Waals surface area contributed by atoms with Crippen molar-refractivity contribution in [3.63, 3.8) is 0 Å². The minimum absolute atomic E-state index is 0.0221. The zero-order valence-corrected chi connectivity index (χ0v) is 21.8. The van der Waals surface area contributed by atoms with E-state index < -0.39 is 5.91 Å². The van der Waals surface area contributed by atoms with E-state index in [1.807, 2.05) is 86.6 Å². The Morgan fingerprint density at radius 3 is 2.29 bits per heavy atom. The van der Waals surface area contributed by atoms with Crippen LogP contribution in [0.15, 0.2) is 88.5 Å². The molecule has 0 radical (unpaired) electrons. The molecule has 0 spiro atoms. The monoisotopic (exact) mass is 526 g/mol. The number of para-hydroxylation sites is 2. The number of carbonyl (C=O) groups excluding carboxylic acids is 1. The predicted molar refractivity (Wildman–Crippen MR) is 150 cm³/mol. The molecule has 192 valence electrons. The van der Waals surface area contributed by atoms with Crippen molar-refractivity contribution in [3.8, 4) is 17.2 Å². The van der Waals surface area contributed by atoms with Crippen LogP contribution in [0.5, 0.6) is 17.2 Å². The zero-order chi connectivity index (χ0) is 26.5. The van der Waals surface area contributed by atoms with Crippen LogP contribution in [0.3, 0.4) is 0 Å². The number of hydrogen-bond acceptors (Lipinski definition) is 7. The molecule has 1 N–H and O–H groups in total. The van der Waals surface area contributed by atoms with Crippen molar-refractivity contribution in [3.05, 3.63) is 95.1 Å². The van der Waals surface area contributed by atoms with Crippen LogP contribution >= 0.6 is 11.8 Å². The third kappa shape index (κ3) is 5.78. The van der Waals surface area contributed by atoms with E-state index >= 15 is 0 Å². The summed E-state index contributed by atoms with van der Waals surface area (Å²) in [5.74, 6) is 1.80. The molecule has 8 nitrogen and oxygen atoms in total. The van der Waals surface area contributed by atoms with E-state index in [9.17, 15) is 4.79 Å². The Morgan fingerprint density at radius 1 is 0.868 bits per heavy atom. The molecule has 9 heteroatoms. The van der Waals surface area contributed by atoms with Gasteiger partial charge >= 0.3 is 0 Å². The molecule has 0 bridgehead atoms. The molecular weight excluding hydrogens is 500 g/mol. The lowest BCUT2D eigenvalue weighted by Crippen LogP contribution is -2.35. The van der Waals surface area contributed by atoms with Gasteiger partial charge in [-0.2, -0.15) is 15.1 Å². The number of fused-ring (bicyclic) bond motifs is 1. The minimum Gasteiger partial charge on any atom is -0.490 e. The normalized spacial score (nSPS) is 15.7. The summed E-state index contributed by atoms with van der Waals surface area (Å²) < 4.78 is 17.4. The van der Waals surface area contributed by atoms with E-state index in [0.29, 0.717) is 29.2 Å². The molecule has 0 atom stereocenters. The second-order valence-electron chi connectivity index (χ2n) is 8.60. The number of carbonyl (C=O) groups is 1. The van der Waals surface area contributed by atoms with Gasteiger partial charge in [0.05, 0.1) is 5.57 Å². The molecule has 0 saturated carbocycles. The Hall–Kier alpha value is -4.37. The van der Waals surface area contributed by atoms with Gasteiger partial charge in [0.2, 0.25) is 5.17 Å². The number of aliphatic imine (C=N–C) groups is 1. The van der Waals surface area contributed by atoms with Crippen LogP contribution in [0.1, 0.15) is 16.7 Å². The number of benzene rings is 3. The first-order valence-corrected chi connectivity index (χ1v) is 12.9. The standard InChI is InChI=1S/C29H26N4O4S/c1-19-7-6-8-20(2)26(19)36-16-15-35-23-13-11-21(12-14-23)17-24-27(30)33-29(31-28(24)34)38-25(32-33)18-37-22-9-4-3-5-10-22/h3-14,17,30H,15-16,18H2,1-2H3/b24-17-,30-27?. The van der Waals surface area contributed by atoms with E-state index in [0.717, 1.165) is 28.2 Å².